The van der Waals surface area contributed by atoms with Crippen LogP contribution in [0.2, 0.25) is 0 Å². The Kier molecular flexibility index (Phi) is 13.1. The van der Waals surface area contributed by atoms with Crippen LogP contribution in [0.15, 0.2) is 48.5 Å². The summed E-state index contributed by atoms with van der Waals surface area (Å²) in [6.07, 6.45) is 19.4. The number of hydrogen-bond acceptors (Lipinski definition) is 1. The van der Waals surface area contributed by atoms with Crippen molar-refractivity contribution in [3.05, 3.63) is 65.2 Å². The highest BCUT2D eigenvalue weighted by molar-refractivity contribution is 5.41. The molecule has 166 valence electrons. The first-order valence-corrected chi connectivity index (χ1v) is 12.6. The zero-order valence-corrected chi connectivity index (χ0v) is 19.6. The molecule has 0 fully saturated rings. The van der Waals surface area contributed by atoms with Gasteiger partial charge in [-0.3, -0.25) is 0 Å². The largest absolute Gasteiger partial charge is 0.488 e. The molecule has 0 bridgehead atoms. The summed E-state index contributed by atoms with van der Waals surface area (Å²) >= 11 is 0. The molecule has 0 radical (unpaired) electrons. The van der Waals surface area contributed by atoms with Crippen LogP contribution in [0.3, 0.4) is 0 Å². The molecule has 0 amide bonds. The lowest BCUT2D eigenvalue weighted by Gasteiger charge is -2.14. The fourth-order valence-electron chi connectivity index (χ4n) is 4.18. The predicted octanol–water partition coefficient (Wildman–Crippen LogP) is 9.21. The van der Waals surface area contributed by atoms with Crippen molar-refractivity contribution in [1.29, 1.82) is 0 Å². The minimum absolute atomic E-state index is 0.650. The second kappa shape index (κ2) is 16.0. The van der Waals surface area contributed by atoms with Crippen molar-refractivity contribution in [3.8, 4) is 5.75 Å². The summed E-state index contributed by atoms with van der Waals surface area (Å²) in [5, 5.41) is 0. The minimum Gasteiger partial charge on any atom is -0.488 e. The molecule has 0 aromatic heterocycles. The third-order valence-electron chi connectivity index (χ3n) is 6.07. The molecule has 2 rings (SSSR count). The van der Waals surface area contributed by atoms with Gasteiger partial charge in [0.25, 0.3) is 0 Å². The predicted molar refractivity (Wildman–Crippen MR) is 131 cm³/mol. The molecule has 0 saturated heterocycles. The van der Waals surface area contributed by atoms with Gasteiger partial charge >= 0.3 is 0 Å². The number of unbranched alkanes of at least 4 members (excludes halogenated alkanes) is 12. The van der Waals surface area contributed by atoms with Gasteiger partial charge in [-0.1, -0.05) is 133 Å². The summed E-state index contributed by atoms with van der Waals surface area (Å²) in [5.74, 6) is 1.10. The van der Waals surface area contributed by atoms with E-state index >= 15 is 0 Å². The summed E-state index contributed by atoms with van der Waals surface area (Å²) in [7, 11) is 0. The van der Waals surface area contributed by atoms with Gasteiger partial charge in [0.05, 0.1) is 0 Å². The quantitative estimate of drug-likeness (QED) is 0.237. The molecule has 30 heavy (non-hydrogen) atoms. The topological polar surface area (TPSA) is 9.23 Å². The molecule has 0 saturated carbocycles. The van der Waals surface area contributed by atoms with Gasteiger partial charge in [0.2, 0.25) is 0 Å². The van der Waals surface area contributed by atoms with Crippen molar-refractivity contribution >= 4 is 0 Å². The fourth-order valence-corrected chi connectivity index (χ4v) is 4.18. The second-order valence-electron chi connectivity index (χ2n) is 8.83. The van der Waals surface area contributed by atoms with Crippen molar-refractivity contribution in [2.45, 2.75) is 110 Å². The van der Waals surface area contributed by atoms with E-state index in [1.165, 1.54) is 100 Å². The van der Waals surface area contributed by atoms with Crippen molar-refractivity contribution < 1.29 is 4.74 Å². The molecule has 0 spiro atoms. The Morgan fingerprint density at radius 3 is 1.77 bits per heavy atom. The number of aryl methyl sites for hydroxylation is 2. The minimum atomic E-state index is 0.650. The van der Waals surface area contributed by atoms with E-state index in [0.717, 1.165) is 12.2 Å². The fraction of sp³-hybridized carbons (Fsp3) is 0.586. The van der Waals surface area contributed by atoms with E-state index in [-0.39, 0.29) is 0 Å². The first-order chi connectivity index (χ1) is 14.8. The van der Waals surface area contributed by atoms with Gasteiger partial charge in [-0.2, -0.15) is 0 Å². The van der Waals surface area contributed by atoms with Gasteiger partial charge in [0, 0.05) is 0 Å². The summed E-state index contributed by atoms with van der Waals surface area (Å²) in [6, 6.07) is 17.0. The Balaban J connectivity index is 1.56. The third kappa shape index (κ3) is 10.3. The van der Waals surface area contributed by atoms with Crippen LogP contribution in [0.5, 0.6) is 5.75 Å². The molecule has 0 heterocycles. The zero-order chi connectivity index (χ0) is 21.3. The van der Waals surface area contributed by atoms with Crippen LogP contribution < -0.4 is 4.74 Å². The Labute approximate surface area is 186 Å². The first kappa shape index (κ1) is 24.5. The van der Waals surface area contributed by atoms with Crippen molar-refractivity contribution in [2.24, 2.45) is 0 Å². The molecule has 0 unspecified atom stereocenters. The normalized spacial score (nSPS) is 11.0. The summed E-state index contributed by atoms with van der Waals surface area (Å²) in [4.78, 5) is 0. The zero-order valence-electron chi connectivity index (χ0n) is 19.6. The Hall–Kier alpha value is -1.76. The molecule has 1 nitrogen and oxygen atoms in total. The molecular weight excluding hydrogens is 364 g/mol. The lowest BCUT2D eigenvalue weighted by molar-refractivity contribution is 0.300. The van der Waals surface area contributed by atoms with Gasteiger partial charge < -0.3 is 4.74 Å². The highest BCUT2D eigenvalue weighted by Gasteiger charge is 2.07. The molecule has 2 aromatic rings. The number of benzene rings is 2. The number of ether oxygens (including phenoxy) is 1. The van der Waals surface area contributed by atoms with E-state index < -0.39 is 0 Å². The maximum atomic E-state index is 6.22. The molecular formula is C29H44O. The van der Waals surface area contributed by atoms with E-state index in [2.05, 4.69) is 62.4 Å². The van der Waals surface area contributed by atoms with Crippen molar-refractivity contribution in [2.75, 3.05) is 0 Å². The van der Waals surface area contributed by atoms with Gasteiger partial charge in [-0.05, 0) is 36.5 Å². The lowest BCUT2D eigenvalue weighted by atomic mass is 10.0. The molecule has 0 aliphatic carbocycles. The number of para-hydroxylation sites is 1. The second-order valence-corrected chi connectivity index (χ2v) is 8.83. The Morgan fingerprint density at radius 1 is 0.600 bits per heavy atom. The van der Waals surface area contributed by atoms with Gasteiger partial charge in [0.1, 0.15) is 12.4 Å². The standard InChI is InChI=1S/C29H44O/c1-3-4-5-6-7-8-9-10-11-12-13-14-18-23-28-24-19-20-26(2)29(28)30-25-27-21-16-15-17-22-27/h15-17,19-22,24H,3-14,18,23,25H2,1-2H3. The maximum absolute atomic E-state index is 6.22. The van der Waals surface area contributed by atoms with E-state index in [1.54, 1.807) is 0 Å². The van der Waals surface area contributed by atoms with E-state index in [0.29, 0.717) is 6.61 Å². The summed E-state index contributed by atoms with van der Waals surface area (Å²) < 4.78 is 6.22. The maximum Gasteiger partial charge on any atom is 0.125 e. The molecule has 0 N–H and O–H groups in total. The average Bonchev–Trinajstić information content (AvgIpc) is 2.77. The molecule has 0 aliphatic rings. The molecule has 2 aromatic carbocycles. The van der Waals surface area contributed by atoms with Crippen molar-refractivity contribution in [1.82, 2.24) is 0 Å². The Morgan fingerprint density at radius 2 is 1.17 bits per heavy atom. The van der Waals surface area contributed by atoms with Crippen molar-refractivity contribution in [3.63, 3.8) is 0 Å². The SMILES string of the molecule is CCCCCCCCCCCCCCCc1cccc(C)c1OCc1ccccc1. The highest BCUT2D eigenvalue weighted by atomic mass is 16.5. The molecule has 0 atom stereocenters. The van der Waals surface area contributed by atoms with Crippen LogP contribution in [0.1, 0.15) is 107 Å². The highest BCUT2D eigenvalue weighted by Crippen LogP contribution is 2.26. The van der Waals surface area contributed by atoms with Crippen LogP contribution in [-0.2, 0) is 13.0 Å². The van der Waals surface area contributed by atoms with Crippen LogP contribution >= 0.6 is 0 Å². The van der Waals surface area contributed by atoms with Crippen LogP contribution in [0.4, 0.5) is 0 Å². The summed E-state index contributed by atoms with van der Waals surface area (Å²) in [5.41, 5.74) is 3.85. The summed E-state index contributed by atoms with van der Waals surface area (Å²) in [6.45, 7) is 5.10. The third-order valence-corrected chi connectivity index (χ3v) is 6.07. The van der Waals surface area contributed by atoms with Crippen LogP contribution in [0, 0.1) is 6.92 Å². The van der Waals surface area contributed by atoms with E-state index in [4.69, 9.17) is 4.74 Å². The number of rotatable bonds is 17. The van der Waals surface area contributed by atoms with E-state index in [1.807, 2.05) is 0 Å². The Bertz CT molecular complexity index is 661. The van der Waals surface area contributed by atoms with Crippen LogP contribution in [0.25, 0.3) is 0 Å². The first-order valence-electron chi connectivity index (χ1n) is 12.6. The smallest absolute Gasteiger partial charge is 0.125 e. The van der Waals surface area contributed by atoms with Gasteiger partial charge in [-0.25, -0.2) is 0 Å². The lowest BCUT2D eigenvalue weighted by Crippen LogP contribution is -2.01. The monoisotopic (exact) mass is 408 g/mol. The van der Waals surface area contributed by atoms with Crippen LogP contribution in [-0.4, -0.2) is 0 Å². The number of hydrogen-bond donors (Lipinski definition) is 0. The van der Waals surface area contributed by atoms with Gasteiger partial charge in [-0.15, -0.1) is 0 Å². The van der Waals surface area contributed by atoms with Gasteiger partial charge in [0.15, 0.2) is 0 Å². The average molecular weight is 409 g/mol. The molecule has 0 aliphatic heterocycles. The molecule has 1 heteroatoms. The van der Waals surface area contributed by atoms with E-state index in [9.17, 15) is 0 Å².